The number of hydrogen-bond acceptors (Lipinski definition) is 1. The Morgan fingerprint density at radius 3 is 2.30 bits per heavy atom. The topological polar surface area (TPSA) is 14.2 Å². The van der Waals surface area contributed by atoms with Crippen LogP contribution in [0.15, 0.2) is 72.9 Å². The van der Waals surface area contributed by atoms with Gasteiger partial charge < -0.3 is 9.30 Å². The quantitative estimate of drug-likeness (QED) is 0.687. The molecule has 100 valence electrons. The summed E-state index contributed by atoms with van der Waals surface area (Å²) < 4.78 is 7.47. The number of nitrogens with zero attached hydrogens (tertiary/aromatic N) is 1. The fourth-order valence-corrected chi connectivity index (χ4v) is 2.36. The minimum Gasteiger partial charge on any atom is -0.497 e. The minimum atomic E-state index is 0.884. The van der Waals surface area contributed by atoms with E-state index in [-0.39, 0.29) is 0 Å². The lowest BCUT2D eigenvalue weighted by Crippen LogP contribution is -1.99. The van der Waals surface area contributed by atoms with E-state index in [0.29, 0.717) is 0 Å². The zero-order chi connectivity index (χ0) is 13.8. The van der Waals surface area contributed by atoms with Gasteiger partial charge in [-0.1, -0.05) is 30.3 Å². The molecular weight excluding hydrogens is 246 g/mol. The maximum atomic E-state index is 5.21. The van der Waals surface area contributed by atoms with Crippen molar-refractivity contribution in [3.8, 4) is 17.0 Å². The molecule has 0 radical (unpaired) electrons. The SMILES string of the molecule is COc1ccc(-c2cccn2Cc2ccccc2)cc1. The predicted octanol–water partition coefficient (Wildman–Crippen LogP) is 4.21. The van der Waals surface area contributed by atoms with E-state index in [4.69, 9.17) is 4.74 Å². The summed E-state index contributed by atoms with van der Waals surface area (Å²) in [6, 6.07) is 22.9. The number of benzene rings is 2. The average molecular weight is 263 g/mol. The molecule has 20 heavy (non-hydrogen) atoms. The molecule has 0 spiro atoms. The van der Waals surface area contributed by atoms with Gasteiger partial charge in [0.05, 0.1) is 7.11 Å². The van der Waals surface area contributed by atoms with Crippen molar-refractivity contribution in [3.05, 3.63) is 78.5 Å². The lowest BCUT2D eigenvalue weighted by atomic mass is 10.1. The first-order valence-corrected chi connectivity index (χ1v) is 6.70. The number of rotatable bonds is 4. The van der Waals surface area contributed by atoms with E-state index in [1.165, 1.54) is 16.8 Å². The van der Waals surface area contributed by atoms with Gasteiger partial charge in [0.25, 0.3) is 0 Å². The first kappa shape index (κ1) is 12.5. The smallest absolute Gasteiger partial charge is 0.118 e. The summed E-state index contributed by atoms with van der Waals surface area (Å²) in [4.78, 5) is 0. The molecule has 0 fully saturated rings. The number of aromatic nitrogens is 1. The molecule has 0 atom stereocenters. The molecule has 0 saturated heterocycles. The Kier molecular flexibility index (Phi) is 3.55. The third kappa shape index (κ3) is 2.59. The third-order valence-corrected chi connectivity index (χ3v) is 3.41. The maximum Gasteiger partial charge on any atom is 0.118 e. The Morgan fingerprint density at radius 1 is 0.850 bits per heavy atom. The molecule has 0 N–H and O–H groups in total. The van der Waals surface area contributed by atoms with Crippen LogP contribution in [0.3, 0.4) is 0 Å². The lowest BCUT2D eigenvalue weighted by Gasteiger charge is -2.10. The van der Waals surface area contributed by atoms with Gasteiger partial charge >= 0.3 is 0 Å². The van der Waals surface area contributed by atoms with Crippen LogP contribution in [0.25, 0.3) is 11.3 Å². The first-order valence-electron chi connectivity index (χ1n) is 6.70. The summed E-state index contributed by atoms with van der Waals surface area (Å²) in [7, 11) is 1.69. The van der Waals surface area contributed by atoms with Crippen molar-refractivity contribution in [1.29, 1.82) is 0 Å². The maximum absolute atomic E-state index is 5.21. The van der Waals surface area contributed by atoms with Gasteiger partial charge in [-0.25, -0.2) is 0 Å². The Bertz CT molecular complexity index is 668. The normalized spacial score (nSPS) is 10.4. The summed E-state index contributed by atoms with van der Waals surface area (Å²) in [5, 5.41) is 0. The van der Waals surface area contributed by atoms with Gasteiger partial charge in [0.1, 0.15) is 5.75 Å². The van der Waals surface area contributed by atoms with Crippen LogP contribution in [-0.4, -0.2) is 11.7 Å². The van der Waals surface area contributed by atoms with E-state index in [1.54, 1.807) is 7.11 Å². The predicted molar refractivity (Wildman–Crippen MR) is 82.0 cm³/mol. The largest absolute Gasteiger partial charge is 0.497 e. The molecule has 2 heteroatoms. The lowest BCUT2D eigenvalue weighted by molar-refractivity contribution is 0.415. The number of methoxy groups -OCH3 is 1. The molecule has 3 aromatic rings. The summed E-state index contributed by atoms with van der Waals surface area (Å²) in [6.45, 7) is 0.884. The van der Waals surface area contributed by atoms with Crippen LogP contribution >= 0.6 is 0 Å². The molecule has 2 aromatic carbocycles. The van der Waals surface area contributed by atoms with Crippen molar-refractivity contribution in [2.24, 2.45) is 0 Å². The third-order valence-electron chi connectivity index (χ3n) is 3.41. The molecule has 0 bridgehead atoms. The van der Waals surface area contributed by atoms with Gasteiger partial charge in [0.2, 0.25) is 0 Å². The average Bonchev–Trinajstić information content (AvgIpc) is 2.96. The van der Waals surface area contributed by atoms with Crippen LogP contribution in [0.1, 0.15) is 5.56 Å². The van der Waals surface area contributed by atoms with Crippen LogP contribution in [0.5, 0.6) is 5.75 Å². The highest BCUT2D eigenvalue weighted by Crippen LogP contribution is 2.23. The van der Waals surface area contributed by atoms with E-state index < -0.39 is 0 Å². The van der Waals surface area contributed by atoms with E-state index >= 15 is 0 Å². The van der Waals surface area contributed by atoms with Crippen molar-refractivity contribution >= 4 is 0 Å². The van der Waals surface area contributed by atoms with Gasteiger partial charge in [-0.05, 0) is 47.5 Å². The van der Waals surface area contributed by atoms with Gasteiger partial charge in [-0.2, -0.15) is 0 Å². The zero-order valence-corrected chi connectivity index (χ0v) is 11.5. The molecule has 0 amide bonds. The van der Waals surface area contributed by atoms with Crippen LogP contribution in [-0.2, 0) is 6.54 Å². The Morgan fingerprint density at radius 2 is 1.60 bits per heavy atom. The highest BCUT2D eigenvalue weighted by atomic mass is 16.5. The molecule has 1 aromatic heterocycles. The first-order chi connectivity index (χ1) is 9.86. The van der Waals surface area contributed by atoms with Crippen LogP contribution in [0.2, 0.25) is 0 Å². The van der Waals surface area contributed by atoms with Gasteiger partial charge in [0, 0.05) is 18.4 Å². The zero-order valence-electron chi connectivity index (χ0n) is 11.5. The minimum absolute atomic E-state index is 0.884. The van der Waals surface area contributed by atoms with Crippen LogP contribution < -0.4 is 4.74 Å². The summed E-state index contributed by atoms with van der Waals surface area (Å²) in [5.74, 6) is 0.884. The highest BCUT2D eigenvalue weighted by Gasteiger charge is 2.04. The Balaban J connectivity index is 1.89. The van der Waals surface area contributed by atoms with Crippen molar-refractivity contribution in [2.45, 2.75) is 6.54 Å². The standard InChI is InChI=1S/C18H17NO/c1-20-17-11-9-16(10-12-17)18-8-5-13-19(18)14-15-6-3-2-4-7-15/h2-13H,14H2,1H3. The van der Waals surface area contributed by atoms with Gasteiger partial charge in [-0.3, -0.25) is 0 Å². The van der Waals surface area contributed by atoms with Gasteiger partial charge in [0.15, 0.2) is 0 Å². The molecule has 0 saturated carbocycles. The Labute approximate surface area is 119 Å². The number of hydrogen-bond donors (Lipinski definition) is 0. The van der Waals surface area contributed by atoms with Crippen molar-refractivity contribution in [1.82, 2.24) is 4.57 Å². The molecule has 3 rings (SSSR count). The van der Waals surface area contributed by atoms with Crippen molar-refractivity contribution in [2.75, 3.05) is 7.11 Å². The second kappa shape index (κ2) is 5.66. The molecular formula is C18H17NO. The number of ether oxygens (including phenoxy) is 1. The summed E-state index contributed by atoms with van der Waals surface area (Å²) in [5.41, 5.74) is 3.72. The van der Waals surface area contributed by atoms with E-state index in [0.717, 1.165) is 12.3 Å². The molecule has 0 aliphatic heterocycles. The molecule has 2 nitrogen and oxygen atoms in total. The second-order valence-electron chi connectivity index (χ2n) is 4.74. The monoisotopic (exact) mass is 263 g/mol. The highest BCUT2D eigenvalue weighted by molar-refractivity contribution is 5.61. The molecule has 0 aliphatic rings. The molecule has 0 aliphatic carbocycles. The fraction of sp³-hybridized carbons (Fsp3) is 0.111. The second-order valence-corrected chi connectivity index (χ2v) is 4.74. The van der Waals surface area contributed by atoms with Crippen LogP contribution in [0, 0.1) is 0 Å². The molecule has 1 heterocycles. The summed E-state index contributed by atoms with van der Waals surface area (Å²) >= 11 is 0. The van der Waals surface area contributed by atoms with E-state index in [9.17, 15) is 0 Å². The van der Waals surface area contributed by atoms with Crippen molar-refractivity contribution in [3.63, 3.8) is 0 Å². The van der Waals surface area contributed by atoms with E-state index in [1.807, 2.05) is 18.2 Å². The van der Waals surface area contributed by atoms with Gasteiger partial charge in [-0.15, -0.1) is 0 Å². The van der Waals surface area contributed by atoms with Crippen LogP contribution in [0.4, 0.5) is 0 Å². The summed E-state index contributed by atoms with van der Waals surface area (Å²) in [6.07, 6.45) is 2.12. The molecule has 0 unspecified atom stereocenters. The van der Waals surface area contributed by atoms with E-state index in [2.05, 4.69) is 59.3 Å². The Hall–Kier alpha value is -2.48. The fourth-order valence-electron chi connectivity index (χ4n) is 2.36. The van der Waals surface area contributed by atoms with Crippen molar-refractivity contribution < 1.29 is 4.74 Å².